The summed E-state index contributed by atoms with van der Waals surface area (Å²) in [4.78, 5) is 0. The summed E-state index contributed by atoms with van der Waals surface area (Å²) in [5, 5.41) is 0. The van der Waals surface area contributed by atoms with Gasteiger partial charge in [0, 0.05) is 24.3 Å². The first-order valence-electron chi connectivity index (χ1n) is 9.81. The van der Waals surface area contributed by atoms with Crippen LogP contribution >= 0.6 is 0 Å². The minimum Gasteiger partial charge on any atom is -0.394 e. The quantitative estimate of drug-likeness (QED) is 0.542. The fourth-order valence-corrected chi connectivity index (χ4v) is 10.9. The second-order valence-electron chi connectivity index (χ2n) is 8.13. The normalized spacial score (nSPS) is 38.9. The Balaban J connectivity index is 2.28. The fraction of sp³-hybridized carbons (Fsp3) is 1.00. The fourth-order valence-electron chi connectivity index (χ4n) is 5.30. The zero-order valence-electron chi connectivity index (χ0n) is 15.6. The summed E-state index contributed by atoms with van der Waals surface area (Å²) in [6.45, 7) is 13.5. The van der Waals surface area contributed by atoms with Gasteiger partial charge in [0.1, 0.15) is 0 Å². The topological polar surface area (TPSA) is 18.5 Å². The minimum absolute atomic E-state index is 0.711. The van der Waals surface area contributed by atoms with Crippen LogP contribution in [-0.2, 0) is 8.85 Å². The Hall–Kier alpha value is 0.137. The third-order valence-electron chi connectivity index (χ3n) is 6.03. The predicted molar refractivity (Wildman–Crippen MR) is 96.3 cm³/mol. The first-order valence-corrected chi connectivity index (χ1v) is 11.8. The Morgan fingerprint density at radius 3 is 2.09 bits per heavy atom. The van der Waals surface area contributed by atoms with E-state index in [2.05, 4.69) is 34.6 Å². The summed E-state index contributed by atoms with van der Waals surface area (Å²) >= 11 is 0. The van der Waals surface area contributed by atoms with E-state index in [1.807, 2.05) is 0 Å². The highest BCUT2D eigenvalue weighted by Gasteiger charge is 2.56. The summed E-state index contributed by atoms with van der Waals surface area (Å²) in [6.07, 6.45) is 9.27. The maximum absolute atomic E-state index is 6.73. The molecule has 0 aliphatic heterocycles. The van der Waals surface area contributed by atoms with Crippen LogP contribution in [0.15, 0.2) is 0 Å². The van der Waals surface area contributed by atoms with Gasteiger partial charge >= 0.3 is 8.56 Å². The van der Waals surface area contributed by atoms with Crippen LogP contribution in [0.4, 0.5) is 0 Å². The van der Waals surface area contributed by atoms with Gasteiger partial charge in [-0.3, -0.25) is 0 Å². The zero-order valence-corrected chi connectivity index (χ0v) is 16.6. The molecular weight excluding hydrogens is 288 g/mol. The molecule has 2 fully saturated rings. The van der Waals surface area contributed by atoms with Crippen molar-refractivity contribution in [3.63, 3.8) is 0 Å². The van der Waals surface area contributed by atoms with Crippen molar-refractivity contribution in [2.45, 2.75) is 90.6 Å². The largest absolute Gasteiger partial charge is 0.394 e. The van der Waals surface area contributed by atoms with E-state index in [9.17, 15) is 0 Å². The molecule has 2 saturated carbocycles. The van der Waals surface area contributed by atoms with Gasteiger partial charge in [-0.2, -0.15) is 0 Å². The van der Waals surface area contributed by atoms with Crippen LogP contribution in [0, 0.1) is 17.8 Å². The van der Waals surface area contributed by atoms with Crippen LogP contribution in [0.2, 0.25) is 11.1 Å². The van der Waals surface area contributed by atoms with Crippen LogP contribution in [-0.4, -0.2) is 21.8 Å². The Morgan fingerprint density at radius 1 is 0.909 bits per heavy atom. The molecule has 130 valence electrons. The molecule has 0 amide bonds. The summed E-state index contributed by atoms with van der Waals surface area (Å²) in [7, 11) is -2.13. The molecule has 5 unspecified atom stereocenters. The predicted octanol–water partition coefficient (Wildman–Crippen LogP) is 5.91. The van der Waals surface area contributed by atoms with E-state index in [1.165, 1.54) is 38.5 Å². The summed E-state index contributed by atoms with van der Waals surface area (Å²) in [5.74, 6) is 2.47. The Kier molecular flexibility index (Phi) is 6.97. The molecule has 0 radical (unpaired) electrons. The highest BCUT2D eigenvalue weighted by molar-refractivity contribution is 6.70. The van der Waals surface area contributed by atoms with Gasteiger partial charge in [-0.05, 0) is 56.8 Å². The molecular formula is C19H38O2Si. The van der Waals surface area contributed by atoms with Crippen molar-refractivity contribution in [1.29, 1.82) is 0 Å². The van der Waals surface area contributed by atoms with E-state index in [4.69, 9.17) is 8.85 Å². The zero-order chi connectivity index (χ0) is 16.2. The molecule has 0 aromatic rings. The lowest BCUT2D eigenvalue weighted by atomic mass is 9.83. The van der Waals surface area contributed by atoms with Crippen molar-refractivity contribution in [3.05, 3.63) is 0 Å². The molecule has 3 heteroatoms. The van der Waals surface area contributed by atoms with Gasteiger partial charge in [0.25, 0.3) is 0 Å². The van der Waals surface area contributed by atoms with E-state index in [0.29, 0.717) is 5.54 Å². The second-order valence-corrected chi connectivity index (χ2v) is 11.7. The van der Waals surface area contributed by atoms with Crippen LogP contribution in [0.1, 0.15) is 79.6 Å². The lowest BCUT2D eigenvalue weighted by molar-refractivity contribution is 0.130. The van der Waals surface area contributed by atoms with E-state index in [1.54, 1.807) is 0 Å². The standard InChI is InChI=1S/C19H38O2Si/c1-6-11-21-22(20-7-2,19-10-8-9-17(19)5)18-13-15(3)12-16(4)14-18/h15-19H,6-14H2,1-5H3. The molecule has 0 bridgehead atoms. The van der Waals surface area contributed by atoms with Gasteiger partial charge in [-0.1, -0.05) is 40.5 Å². The molecule has 0 saturated heterocycles. The number of rotatable bonds is 7. The summed E-state index contributed by atoms with van der Waals surface area (Å²) in [5.41, 5.74) is 1.43. The number of hydrogen-bond acceptors (Lipinski definition) is 2. The molecule has 0 aromatic carbocycles. The van der Waals surface area contributed by atoms with Crippen LogP contribution < -0.4 is 0 Å². The van der Waals surface area contributed by atoms with Gasteiger partial charge in [0.15, 0.2) is 0 Å². The maximum atomic E-state index is 6.73. The van der Waals surface area contributed by atoms with Crippen LogP contribution in [0.5, 0.6) is 0 Å². The van der Waals surface area contributed by atoms with E-state index in [0.717, 1.165) is 42.9 Å². The van der Waals surface area contributed by atoms with Gasteiger partial charge in [-0.25, -0.2) is 0 Å². The highest BCUT2D eigenvalue weighted by atomic mass is 28.4. The lowest BCUT2D eigenvalue weighted by Gasteiger charge is -2.46. The third-order valence-corrected chi connectivity index (χ3v) is 10.9. The maximum Gasteiger partial charge on any atom is 0.344 e. The molecule has 0 spiro atoms. The van der Waals surface area contributed by atoms with Crippen LogP contribution in [0.25, 0.3) is 0 Å². The van der Waals surface area contributed by atoms with Crippen molar-refractivity contribution < 1.29 is 8.85 Å². The smallest absolute Gasteiger partial charge is 0.344 e. The van der Waals surface area contributed by atoms with Crippen molar-refractivity contribution in [3.8, 4) is 0 Å². The van der Waals surface area contributed by atoms with E-state index in [-0.39, 0.29) is 0 Å². The van der Waals surface area contributed by atoms with Gasteiger partial charge in [0.05, 0.1) is 0 Å². The summed E-state index contributed by atoms with van der Waals surface area (Å²) in [6, 6.07) is 0. The average Bonchev–Trinajstić information content (AvgIpc) is 2.89. The van der Waals surface area contributed by atoms with Crippen molar-refractivity contribution >= 4 is 8.56 Å². The SMILES string of the molecule is CCCO[Si](OCC)(C1CC(C)CC(C)C1)C1CCCC1C. The first kappa shape index (κ1) is 18.5. The molecule has 0 aromatic heterocycles. The van der Waals surface area contributed by atoms with Gasteiger partial charge < -0.3 is 8.85 Å². The van der Waals surface area contributed by atoms with Crippen molar-refractivity contribution in [2.24, 2.45) is 17.8 Å². The Morgan fingerprint density at radius 2 is 1.59 bits per heavy atom. The molecule has 22 heavy (non-hydrogen) atoms. The van der Waals surface area contributed by atoms with E-state index >= 15 is 0 Å². The minimum atomic E-state index is -2.13. The molecule has 2 aliphatic rings. The lowest BCUT2D eigenvalue weighted by Crippen LogP contribution is -2.53. The van der Waals surface area contributed by atoms with Gasteiger partial charge in [0.2, 0.25) is 0 Å². The van der Waals surface area contributed by atoms with E-state index < -0.39 is 8.56 Å². The first-order chi connectivity index (χ1) is 10.5. The van der Waals surface area contributed by atoms with Crippen LogP contribution in [0.3, 0.4) is 0 Å². The molecule has 0 N–H and O–H groups in total. The summed E-state index contributed by atoms with van der Waals surface area (Å²) < 4.78 is 13.4. The second kappa shape index (κ2) is 8.30. The molecule has 2 rings (SSSR count). The molecule has 2 aliphatic carbocycles. The monoisotopic (exact) mass is 326 g/mol. The number of hydrogen-bond donors (Lipinski definition) is 0. The molecule has 5 atom stereocenters. The van der Waals surface area contributed by atoms with Gasteiger partial charge in [-0.15, -0.1) is 0 Å². The Bertz CT molecular complexity index is 325. The molecule has 0 heterocycles. The highest BCUT2D eigenvalue weighted by Crippen LogP contribution is 2.54. The Labute approximate surface area is 139 Å². The third kappa shape index (κ3) is 3.96. The van der Waals surface area contributed by atoms with Crippen molar-refractivity contribution in [2.75, 3.05) is 13.2 Å². The van der Waals surface area contributed by atoms with Crippen molar-refractivity contribution in [1.82, 2.24) is 0 Å². The average molecular weight is 327 g/mol. The molecule has 2 nitrogen and oxygen atoms in total.